The molecule has 132 valence electrons. The second-order valence-corrected chi connectivity index (χ2v) is 8.25. The first-order valence-electron chi connectivity index (χ1n) is 8.24. The van der Waals surface area contributed by atoms with Crippen molar-refractivity contribution in [2.24, 2.45) is 5.92 Å². The lowest BCUT2D eigenvalue weighted by atomic mass is 9.88. The highest BCUT2D eigenvalue weighted by atomic mass is 35.5. The highest BCUT2D eigenvalue weighted by Gasteiger charge is 2.28. The Hall–Kier alpha value is -1.19. The molecule has 1 aromatic rings. The molecular weight excluding hydrogens is 345 g/mol. The van der Waals surface area contributed by atoms with Crippen LogP contribution < -0.4 is 0 Å². The zero-order valence-electron chi connectivity index (χ0n) is 14.6. The molecule has 0 aliphatic carbocycles. The number of carbonyl (C=O) groups excluding carboxylic acids is 1. The van der Waals surface area contributed by atoms with E-state index in [1.807, 2.05) is 32.9 Å². The molecule has 0 radical (unpaired) electrons. The van der Waals surface area contributed by atoms with Crippen molar-refractivity contribution in [3.63, 3.8) is 0 Å². The van der Waals surface area contributed by atoms with Crippen LogP contribution in [0.5, 0.6) is 0 Å². The number of benzene rings is 1. The van der Waals surface area contributed by atoms with Gasteiger partial charge in [-0.15, -0.1) is 0 Å². The molecule has 2 rings (SSSR count). The zero-order valence-corrected chi connectivity index (χ0v) is 16.1. The van der Waals surface area contributed by atoms with Crippen molar-refractivity contribution in [1.82, 2.24) is 4.90 Å². The van der Waals surface area contributed by atoms with E-state index in [1.165, 1.54) is 0 Å². The summed E-state index contributed by atoms with van der Waals surface area (Å²) in [4.78, 5) is 14.1. The molecule has 5 heteroatoms. The first kappa shape index (κ1) is 19.1. The fourth-order valence-corrected chi connectivity index (χ4v) is 3.49. The molecule has 1 unspecified atom stereocenters. The van der Waals surface area contributed by atoms with E-state index in [1.54, 1.807) is 11.0 Å². The summed E-state index contributed by atoms with van der Waals surface area (Å²) in [5.74, 6) is 0.268. The summed E-state index contributed by atoms with van der Waals surface area (Å²) >= 11 is 12.1. The van der Waals surface area contributed by atoms with Crippen LogP contribution >= 0.6 is 23.2 Å². The normalized spacial score (nSPS) is 18.4. The molecule has 1 fully saturated rings. The summed E-state index contributed by atoms with van der Waals surface area (Å²) < 4.78 is 5.48. The molecule has 24 heavy (non-hydrogen) atoms. The van der Waals surface area contributed by atoms with Gasteiger partial charge in [-0.1, -0.05) is 35.4 Å². The van der Waals surface area contributed by atoms with Gasteiger partial charge in [0.25, 0.3) is 0 Å². The lowest BCUT2D eigenvalue weighted by molar-refractivity contribution is 0.0182. The smallest absolute Gasteiger partial charge is 0.410 e. The van der Waals surface area contributed by atoms with Gasteiger partial charge in [0, 0.05) is 23.1 Å². The molecule has 3 nitrogen and oxygen atoms in total. The molecule has 1 heterocycles. The van der Waals surface area contributed by atoms with E-state index in [2.05, 4.69) is 6.58 Å². The van der Waals surface area contributed by atoms with Crippen LogP contribution in [0, 0.1) is 5.92 Å². The summed E-state index contributed by atoms with van der Waals surface area (Å²) in [5.41, 5.74) is 1.67. The van der Waals surface area contributed by atoms with Crippen LogP contribution in [-0.4, -0.2) is 29.7 Å². The second kappa shape index (κ2) is 7.79. The minimum atomic E-state index is -0.474. The maximum absolute atomic E-state index is 12.3. The Labute approximate surface area is 154 Å². The first-order valence-corrected chi connectivity index (χ1v) is 9.00. The standard InChI is InChI=1S/C19H25Cl2NO2/c1-13(8-14-9-16(20)11-17(21)10-14)15-6-5-7-22(12-15)18(23)24-19(2,3)4/h9-11,15H,1,5-8,12H2,2-4H3. The average molecular weight is 370 g/mol. The molecule has 0 saturated carbocycles. The Kier molecular flexibility index (Phi) is 6.22. The molecule has 0 spiro atoms. The summed E-state index contributed by atoms with van der Waals surface area (Å²) in [7, 11) is 0. The van der Waals surface area contributed by atoms with Crippen LogP contribution in [0.2, 0.25) is 10.0 Å². The van der Waals surface area contributed by atoms with Crippen molar-refractivity contribution < 1.29 is 9.53 Å². The van der Waals surface area contributed by atoms with E-state index in [0.29, 0.717) is 23.0 Å². The van der Waals surface area contributed by atoms with Gasteiger partial charge < -0.3 is 9.64 Å². The molecular formula is C19H25Cl2NO2. The van der Waals surface area contributed by atoms with Gasteiger partial charge >= 0.3 is 6.09 Å². The van der Waals surface area contributed by atoms with Crippen LogP contribution in [0.3, 0.4) is 0 Å². The van der Waals surface area contributed by atoms with E-state index in [9.17, 15) is 4.79 Å². The molecule has 1 atom stereocenters. The first-order chi connectivity index (χ1) is 11.1. The molecule has 1 amide bonds. The Morgan fingerprint density at radius 2 is 1.92 bits per heavy atom. The number of amides is 1. The van der Waals surface area contributed by atoms with Gasteiger partial charge in [-0.05, 0) is 69.7 Å². The number of likely N-dealkylation sites (tertiary alicyclic amines) is 1. The van der Waals surface area contributed by atoms with Crippen molar-refractivity contribution >= 4 is 29.3 Å². The third-order valence-electron chi connectivity index (χ3n) is 4.00. The Morgan fingerprint density at radius 3 is 2.50 bits per heavy atom. The fraction of sp³-hybridized carbons (Fsp3) is 0.526. The third kappa shape index (κ3) is 5.71. The Balaban J connectivity index is 1.98. The SMILES string of the molecule is C=C(Cc1cc(Cl)cc(Cl)c1)C1CCCN(C(=O)OC(C)(C)C)C1. The number of piperidine rings is 1. The number of carbonyl (C=O) groups is 1. The second-order valence-electron chi connectivity index (χ2n) is 7.38. The average Bonchev–Trinajstić information content (AvgIpc) is 2.44. The van der Waals surface area contributed by atoms with Crippen molar-refractivity contribution in [2.45, 2.75) is 45.6 Å². The number of rotatable bonds is 3. The van der Waals surface area contributed by atoms with Gasteiger partial charge in [0.05, 0.1) is 0 Å². The maximum atomic E-state index is 12.3. The number of hydrogen-bond donors (Lipinski definition) is 0. The quantitative estimate of drug-likeness (QED) is 0.635. The van der Waals surface area contributed by atoms with Crippen molar-refractivity contribution in [3.8, 4) is 0 Å². The van der Waals surface area contributed by atoms with Crippen LogP contribution in [0.4, 0.5) is 4.79 Å². The van der Waals surface area contributed by atoms with Crippen LogP contribution in [0.1, 0.15) is 39.2 Å². The Morgan fingerprint density at radius 1 is 1.29 bits per heavy atom. The fourth-order valence-electron chi connectivity index (χ4n) is 2.92. The predicted molar refractivity (Wildman–Crippen MR) is 99.8 cm³/mol. The van der Waals surface area contributed by atoms with Crippen molar-refractivity contribution in [3.05, 3.63) is 46.0 Å². The molecule has 0 N–H and O–H groups in total. The van der Waals surface area contributed by atoms with Crippen molar-refractivity contribution in [2.75, 3.05) is 13.1 Å². The summed E-state index contributed by atoms with van der Waals surface area (Å²) in [6.07, 6.45) is 2.46. The van der Waals surface area contributed by atoms with Crippen molar-refractivity contribution in [1.29, 1.82) is 0 Å². The molecule has 1 aliphatic rings. The van der Waals surface area contributed by atoms with Gasteiger partial charge in [-0.2, -0.15) is 0 Å². The van der Waals surface area contributed by atoms with Gasteiger partial charge in [0.15, 0.2) is 0 Å². The summed E-state index contributed by atoms with van der Waals surface area (Å²) in [6.45, 7) is 11.3. The van der Waals surface area contributed by atoms with Gasteiger partial charge in [0.1, 0.15) is 5.60 Å². The van der Waals surface area contributed by atoms with Crippen LogP contribution in [0.15, 0.2) is 30.4 Å². The number of hydrogen-bond acceptors (Lipinski definition) is 2. The largest absolute Gasteiger partial charge is 0.444 e. The van der Waals surface area contributed by atoms with Crippen LogP contribution in [0.25, 0.3) is 0 Å². The van der Waals surface area contributed by atoms with E-state index in [0.717, 1.165) is 30.5 Å². The minimum absolute atomic E-state index is 0.245. The molecule has 1 saturated heterocycles. The maximum Gasteiger partial charge on any atom is 0.410 e. The third-order valence-corrected chi connectivity index (χ3v) is 4.44. The highest BCUT2D eigenvalue weighted by molar-refractivity contribution is 6.34. The monoisotopic (exact) mass is 369 g/mol. The van der Waals surface area contributed by atoms with E-state index >= 15 is 0 Å². The summed E-state index contributed by atoms with van der Waals surface area (Å²) in [5, 5.41) is 1.26. The van der Waals surface area contributed by atoms with Gasteiger partial charge in [0.2, 0.25) is 0 Å². The molecule has 0 bridgehead atoms. The van der Waals surface area contributed by atoms with Gasteiger partial charge in [-0.3, -0.25) is 0 Å². The van der Waals surface area contributed by atoms with Crippen LogP contribution in [-0.2, 0) is 11.2 Å². The van der Waals surface area contributed by atoms with E-state index < -0.39 is 5.60 Å². The molecule has 1 aromatic carbocycles. The van der Waals surface area contributed by atoms with E-state index in [-0.39, 0.29) is 12.0 Å². The summed E-state index contributed by atoms with van der Waals surface area (Å²) in [6, 6.07) is 5.54. The predicted octanol–water partition coefficient (Wildman–Crippen LogP) is 5.74. The number of ether oxygens (including phenoxy) is 1. The topological polar surface area (TPSA) is 29.5 Å². The number of halogens is 2. The lowest BCUT2D eigenvalue weighted by Gasteiger charge is -2.35. The minimum Gasteiger partial charge on any atom is -0.444 e. The van der Waals surface area contributed by atoms with E-state index in [4.69, 9.17) is 27.9 Å². The Bertz CT molecular complexity index is 602. The molecule has 0 aromatic heterocycles. The molecule has 1 aliphatic heterocycles. The van der Waals surface area contributed by atoms with Gasteiger partial charge in [-0.25, -0.2) is 4.79 Å². The number of nitrogens with zero attached hydrogens (tertiary/aromatic N) is 1. The zero-order chi connectivity index (χ0) is 17.9. The highest BCUT2D eigenvalue weighted by Crippen LogP contribution is 2.28. The lowest BCUT2D eigenvalue weighted by Crippen LogP contribution is -2.43.